The molecule has 1 N–H and O–H groups in total. The molecule has 17 heavy (non-hydrogen) atoms. The maximum absolute atomic E-state index is 13.3. The van der Waals surface area contributed by atoms with Crippen LogP contribution < -0.4 is 5.32 Å². The van der Waals surface area contributed by atoms with Gasteiger partial charge in [-0.1, -0.05) is 18.5 Å². The SMILES string of the molecule is CCC(C#N)CNCCc1cc(Cl)ccc1F. The van der Waals surface area contributed by atoms with Gasteiger partial charge >= 0.3 is 0 Å². The van der Waals surface area contributed by atoms with Crippen molar-refractivity contribution in [2.24, 2.45) is 5.92 Å². The van der Waals surface area contributed by atoms with Gasteiger partial charge in [0.05, 0.1) is 12.0 Å². The number of hydrogen-bond donors (Lipinski definition) is 1. The number of rotatable bonds is 6. The highest BCUT2D eigenvalue weighted by Gasteiger charge is 2.05. The van der Waals surface area contributed by atoms with Crippen molar-refractivity contribution in [2.75, 3.05) is 13.1 Å². The van der Waals surface area contributed by atoms with Gasteiger partial charge in [0.25, 0.3) is 0 Å². The molecule has 0 saturated heterocycles. The zero-order valence-corrected chi connectivity index (χ0v) is 10.6. The molecule has 1 atom stereocenters. The van der Waals surface area contributed by atoms with Crippen LogP contribution in [0.15, 0.2) is 18.2 Å². The molecule has 0 amide bonds. The molecule has 0 fully saturated rings. The predicted molar refractivity (Wildman–Crippen MR) is 67.4 cm³/mol. The fourth-order valence-corrected chi connectivity index (χ4v) is 1.71. The fourth-order valence-electron chi connectivity index (χ4n) is 1.52. The van der Waals surface area contributed by atoms with Crippen LogP contribution in [0.2, 0.25) is 5.02 Å². The van der Waals surface area contributed by atoms with E-state index in [1.807, 2.05) is 6.92 Å². The summed E-state index contributed by atoms with van der Waals surface area (Å²) in [6.07, 6.45) is 1.41. The van der Waals surface area contributed by atoms with E-state index in [0.29, 0.717) is 30.1 Å². The summed E-state index contributed by atoms with van der Waals surface area (Å²) < 4.78 is 13.3. The molecule has 1 aromatic carbocycles. The van der Waals surface area contributed by atoms with E-state index in [1.165, 1.54) is 12.1 Å². The van der Waals surface area contributed by atoms with Crippen molar-refractivity contribution in [1.82, 2.24) is 5.32 Å². The maximum atomic E-state index is 13.3. The van der Waals surface area contributed by atoms with Gasteiger partial charge in [-0.3, -0.25) is 0 Å². The lowest BCUT2D eigenvalue weighted by molar-refractivity contribution is 0.546. The molecule has 0 heterocycles. The highest BCUT2D eigenvalue weighted by atomic mass is 35.5. The summed E-state index contributed by atoms with van der Waals surface area (Å²) in [5, 5.41) is 12.5. The van der Waals surface area contributed by atoms with Gasteiger partial charge in [0.15, 0.2) is 0 Å². The fraction of sp³-hybridized carbons (Fsp3) is 0.462. The van der Waals surface area contributed by atoms with Gasteiger partial charge in [-0.05, 0) is 43.1 Å². The maximum Gasteiger partial charge on any atom is 0.126 e. The Kier molecular flexibility index (Phi) is 5.96. The van der Waals surface area contributed by atoms with Gasteiger partial charge in [0, 0.05) is 11.6 Å². The second kappa shape index (κ2) is 7.26. The molecule has 0 bridgehead atoms. The van der Waals surface area contributed by atoms with Crippen LogP contribution in [0.4, 0.5) is 4.39 Å². The standard InChI is InChI=1S/C13H16ClFN2/c1-2-10(8-16)9-17-6-5-11-7-12(14)3-4-13(11)15/h3-4,7,10,17H,2,5-6,9H2,1H3. The van der Waals surface area contributed by atoms with Crippen LogP contribution in [0.5, 0.6) is 0 Å². The number of hydrogen-bond acceptors (Lipinski definition) is 2. The normalized spacial score (nSPS) is 12.1. The topological polar surface area (TPSA) is 35.8 Å². The Hall–Kier alpha value is -1.11. The molecule has 0 aliphatic rings. The predicted octanol–water partition coefficient (Wildman–Crippen LogP) is 3.16. The Morgan fingerprint density at radius 1 is 1.53 bits per heavy atom. The first-order chi connectivity index (χ1) is 8.17. The summed E-state index contributed by atoms with van der Waals surface area (Å²) in [4.78, 5) is 0. The second-order valence-electron chi connectivity index (χ2n) is 3.92. The average molecular weight is 255 g/mol. The molecule has 2 nitrogen and oxygen atoms in total. The number of benzene rings is 1. The van der Waals surface area contributed by atoms with Gasteiger partial charge in [0.2, 0.25) is 0 Å². The largest absolute Gasteiger partial charge is 0.315 e. The van der Waals surface area contributed by atoms with Crippen molar-refractivity contribution >= 4 is 11.6 Å². The quantitative estimate of drug-likeness (QED) is 0.792. The van der Waals surface area contributed by atoms with Crippen molar-refractivity contribution in [3.8, 4) is 6.07 Å². The molecule has 0 aliphatic carbocycles. The Labute approximate surface area is 106 Å². The zero-order chi connectivity index (χ0) is 12.7. The number of nitriles is 1. The third-order valence-corrected chi connectivity index (χ3v) is 2.88. The molecule has 1 aromatic rings. The van der Waals surface area contributed by atoms with Crippen LogP contribution in [-0.2, 0) is 6.42 Å². The van der Waals surface area contributed by atoms with E-state index in [1.54, 1.807) is 6.07 Å². The van der Waals surface area contributed by atoms with Gasteiger partial charge in [0.1, 0.15) is 5.82 Å². The minimum Gasteiger partial charge on any atom is -0.315 e. The Morgan fingerprint density at radius 2 is 2.29 bits per heavy atom. The molecule has 1 rings (SSSR count). The summed E-state index contributed by atoms with van der Waals surface area (Å²) in [6.45, 7) is 3.27. The first-order valence-corrected chi connectivity index (χ1v) is 6.09. The summed E-state index contributed by atoms with van der Waals surface area (Å²) in [6, 6.07) is 6.77. The minimum atomic E-state index is -0.233. The Balaban J connectivity index is 2.36. The smallest absolute Gasteiger partial charge is 0.126 e. The van der Waals surface area contributed by atoms with Crippen LogP contribution >= 0.6 is 11.6 Å². The summed E-state index contributed by atoms with van der Waals surface area (Å²) in [7, 11) is 0. The molecule has 0 aliphatic heterocycles. The van der Waals surface area contributed by atoms with Crippen LogP contribution in [0, 0.1) is 23.1 Å². The van der Waals surface area contributed by atoms with Crippen LogP contribution in [0.25, 0.3) is 0 Å². The van der Waals surface area contributed by atoms with Crippen LogP contribution in [0.3, 0.4) is 0 Å². The van der Waals surface area contributed by atoms with Crippen molar-refractivity contribution in [2.45, 2.75) is 19.8 Å². The van der Waals surface area contributed by atoms with Crippen molar-refractivity contribution in [3.63, 3.8) is 0 Å². The first kappa shape index (κ1) is 14.0. The van der Waals surface area contributed by atoms with Crippen LogP contribution in [0.1, 0.15) is 18.9 Å². The van der Waals surface area contributed by atoms with Crippen molar-refractivity contribution in [1.29, 1.82) is 5.26 Å². The molecule has 1 unspecified atom stereocenters. The van der Waals surface area contributed by atoms with Crippen LogP contribution in [-0.4, -0.2) is 13.1 Å². The van der Waals surface area contributed by atoms with Crippen molar-refractivity contribution < 1.29 is 4.39 Å². The molecule has 0 aromatic heterocycles. The molecule has 4 heteroatoms. The van der Waals surface area contributed by atoms with E-state index < -0.39 is 0 Å². The molecule has 0 radical (unpaired) electrons. The third-order valence-electron chi connectivity index (χ3n) is 2.64. The lowest BCUT2D eigenvalue weighted by Crippen LogP contribution is -2.24. The highest BCUT2D eigenvalue weighted by Crippen LogP contribution is 2.14. The molecular weight excluding hydrogens is 239 g/mol. The summed E-state index contributed by atoms with van der Waals surface area (Å²) in [5.74, 6) is -0.206. The first-order valence-electron chi connectivity index (χ1n) is 5.71. The summed E-state index contributed by atoms with van der Waals surface area (Å²) >= 11 is 5.79. The Morgan fingerprint density at radius 3 is 2.94 bits per heavy atom. The molecule has 92 valence electrons. The lowest BCUT2D eigenvalue weighted by Gasteiger charge is -2.08. The van der Waals surface area contributed by atoms with Gasteiger partial charge in [-0.15, -0.1) is 0 Å². The molecule has 0 spiro atoms. The third kappa shape index (κ3) is 4.72. The van der Waals surface area contributed by atoms with E-state index in [-0.39, 0.29) is 11.7 Å². The van der Waals surface area contributed by atoms with E-state index in [9.17, 15) is 4.39 Å². The van der Waals surface area contributed by atoms with Gasteiger partial charge in [-0.25, -0.2) is 4.39 Å². The number of nitrogens with one attached hydrogen (secondary N) is 1. The molecular formula is C13H16ClFN2. The van der Waals surface area contributed by atoms with E-state index in [0.717, 1.165) is 6.42 Å². The van der Waals surface area contributed by atoms with E-state index in [2.05, 4.69) is 11.4 Å². The zero-order valence-electron chi connectivity index (χ0n) is 9.84. The average Bonchev–Trinajstić information content (AvgIpc) is 2.33. The van der Waals surface area contributed by atoms with E-state index >= 15 is 0 Å². The number of halogens is 2. The molecule has 0 saturated carbocycles. The lowest BCUT2D eigenvalue weighted by atomic mass is 10.1. The summed E-state index contributed by atoms with van der Waals surface area (Å²) in [5.41, 5.74) is 0.606. The van der Waals surface area contributed by atoms with Gasteiger partial charge in [-0.2, -0.15) is 5.26 Å². The van der Waals surface area contributed by atoms with Gasteiger partial charge < -0.3 is 5.32 Å². The Bertz CT molecular complexity index is 401. The minimum absolute atomic E-state index is 0.0270. The van der Waals surface area contributed by atoms with Crippen molar-refractivity contribution in [3.05, 3.63) is 34.6 Å². The monoisotopic (exact) mass is 254 g/mol. The number of nitrogens with zero attached hydrogens (tertiary/aromatic N) is 1. The highest BCUT2D eigenvalue weighted by molar-refractivity contribution is 6.30. The second-order valence-corrected chi connectivity index (χ2v) is 4.36. The van der Waals surface area contributed by atoms with E-state index in [4.69, 9.17) is 16.9 Å².